The minimum absolute atomic E-state index is 0.160. The van der Waals surface area contributed by atoms with Crippen molar-refractivity contribution in [1.82, 2.24) is 5.32 Å². The molecule has 0 atom stereocenters. The Hall–Kier alpha value is -1.56. The van der Waals surface area contributed by atoms with Gasteiger partial charge in [0.15, 0.2) is 0 Å². The molecule has 0 aliphatic rings. The molecule has 0 aromatic carbocycles. The Balaban J connectivity index is 3.76. The predicted molar refractivity (Wildman–Crippen MR) is 80.0 cm³/mol. The second-order valence-electron chi connectivity index (χ2n) is 5.47. The molecule has 0 aromatic heterocycles. The Morgan fingerprint density at radius 2 is 1.95 bits per heavy atom. The van der Waals surface area contributed by atoms with Crippen molar-refractivity contribution in [2.24, 2.45) is 0 Å². The molecule has 6 nitrogen and oxygen atoms in total. The molecule has 21 heavy (non-hydrogen) atoms. The second kappa shape index (κ2) is 10.2. The molecular weight excluding hydrogens is 274 g/mol. The first-order chi connectivity index (χ1) is 9.76. The Bertz CT molecular complexity index is 339. The lowest BCUT2D eigenvalue weighted by molar-refractivity contribution is -0.137. The highest BCUT2D eigenvalue weighted by Gasteiger charge is 2.22. The SMILES string of the molecule is C=CC(=O)OCCCNC(=O)OC(C)(C)CCOC(C)C. The fraction of sp³-hybridized carbons (Fsp3) is 0.733. The molecule has 1 amide bonds. The van der Waals surface area contributed by atoms with Crippen molar-refractivity contribution in [3.05, 3.63) is 12.7 Å². The summed E-state index contributed by atoms with van der Waals surface area (Å²) in [4.78, 5) is 22.4. The summed E-state index contributed by atoms with van der Waals surface area (Å²) in [5, 5.41) is 2.61. The van der Waals surface area contributed by atoms with Gasteiger partial charge >= 0.3 is 12.1 Å². The topological polar surface area (TPSA) is 73.9 Å². The first-order valence-electron chi connectivity index (χ1n) is 7.14. The molecule has 0 spiro atoms. The van der Waals surface area contributed by atoms with Crippen molar-refractivity contribution in [3.63, 3.8) is 0 Å². The monoisotopic (exact) mass is 301 g/mol. The van der Waals surface area contributed by atoms with Crippen LogP contribution in [0.5, 0.6) is 0 Å². The number of nitrogens with one attached hydrogen (secondary N) is 1. The van der Waals surface area contributed by atoms with Gasteiger partial charge in [0.05, 0.1) is 19.3 Å². The van der Waals surface area contributed by atoms with E-state index in [-0.39, 0.29) is 12.7 Å². The lowest BCUT2D eigenvalue weighted by atomic mass is 10.1. The third-order valence-electron chi connectivity index (χ3n) is 2.53. The largest absolute Gasteiger partial charge is 0.462 e. The summed E-state index contributed by atoms with van der Waals surface area (Å²) in [6, 6.07) is 0. The average molecular weight is 301 g/mol. The van der Waals surface area contributed by atoms with Gasteiger partial charge in [0.2, 0.25) is 0 Å². The van der Waals surface area contributed by atoms with E-state index < -0.39 is 17.7 Å². The van der Waals surface area contributed by atoms with Crippen molar-refractivity contribution in [1.29, 1.82) is 0 Å². The molecule has 122 valence electrons. The standard InChI is InChI=1S/C15H27NO5/c1-6-13(17)20-10-7-9-16-14(18)21-15(4,5)8-11-19-12(2)3/h6,12H,1,7-11H2,2-5H3,(H,16,18). The van der Waals surface area contributed by atoms with Crippen molar-refractivity contribution in [2.75, 3.05) is 19.8 Å². The lowest BCUT2D eigenvalue weighted by Gasteiger charge is -2.25. The van der Waals surface area contributed by atoms with Gasteiger partial charge in [-0.2, -0.15) is 0 Å². The van der Waals surface area contributed by atoms with Crippen LogP contribution in [0.25, 0.3) is 0 Å². The van der Waals surface area contributed by atoms with Gasteiger partial charge in [-0.05, 0) is 34.1 Å². The van der Waals surface area contributed by atoms with Crippen LogP contribution in [0.1, 0.15) is 40.5 Å². The Labute approximate surface area is 126 Å². The molecular formula is C15H27NO5. The molecule has 0 rings (SSSR count). The van der Waals surface area contributed by atoms with Crippen molar-refractivity contribution >= 4 is 12.1 Å². The van der Waals surface area contributed by atoms with Crippen LogP contribution in [0.2, 0.25) is 0 Å². The zero-order valence-corrected chi connectivity index (χ0v) is 13.4. The van der Waals surface area contributed by atoms with E-state index in [0.29, 0.717) is 26.0 Å². The summed E-state index contributed by atoms with van der Waals surface area (Å²) < 4.78 is 15.5. The molecule has 0 heterocycles. The lowest BCUT2D eigenvalue weighted by Crippen LogP contribution is -2.36. The highest BCUT2D eigenvalue weighted by atomic mass is 16.6. The number of rotatable bonds is 10. The van der Waals surface area contributed by atoms with Gasteiger partial charge < -0.3 is 19.5 Å². The maximum absolute atomic E-state index is 11.6. The number of carbonyl (C=O) groups is 2. The fourth-order valence-corrected chi connectivity index (χ4v) is 1.37. The number of alkyl carbamates (subject to hydrolysis) is 1. The Morgan fingerprint density at radius 1 is 1.29 bits per heavy atom. The van der Waals surface area contributed by atoms with Gasteiger partial charge in [-0.15, -0.1) is 0 Å². The first kappa shape index (κ1) is 19.4. The maximum Gasteiger partial charge on any atom is 0.407 e. The van der Waals surface area contributed by atoms with E-state index >= 15 is 0 Å². The summed E-state index contributed by atoms with van der Waals surface area (Å²) in [7, 11) is 0. The van der Waals surface area contributed by atoms with E-state index in [2.05, 4.69) is 11.9 Å². The van der Waals surface area contributed by atoms with Crippen molar-refractivity contribution in [3.8, 4) is 0 Å². The van der Waals surface area contributed by atoms with E-state index in [1.807, 2.05) is 27.7 Å². The van der Waals surface area contributed by atoms with E-state index in [4.69, 9.17) is 14.2 Å². The summed E-state index contributed by atoms with van der Waals surface area (Å²) >= 11 is 0. The van der Waals surface area contributed by atoms with Crippen LogP contribution >= 0.6 is 0 Å². The Morgan fingerprint density at radius 3 is 2.52 bits per heavy atom. The average Bonchev–Trinajstić information content (AvgIpc) is 2.36. The smallest absolute Gasteiger partial charge is 0.407 e. The normalized spacial score (nSPS) is 11.1. The number of amides is 1. The number of ether oxygens (including phenoxy) is 3. The van der Waals surface area contributed by atoms with Crippen LogP contribution in [0.3, 0.4) is 0 Å². The maximum atomic E-state index is 11.6. The van der Waals surface area contributed by atoms with Crippen LogP contribution in [-0.4, -0.2) is 43.5 Å². The van der Waals surface area contributed by atoms with Gasteiger partial charge in [-0.25, -0.2) is 9.59 Å². The van der Waals surface area contributed by atoms with Crippen LogP contribution < -0.4 is 5.32 Å². The van der Waals surface area contributed by atoms with Gasteiger partial charge in [0, 0.05) is 19.0 Å². The number of esters is 1. The molecule has 0 aliphatic heterocycles. The minimum atomic E-state index is -0.589. The summed E-state index contributed by atoms with van der Waals surface area (Å²) in [5.41, 5.74) is -0.589. The van der Waals surface area contributed by atoms with Crippen molar-refractivity contribution in [2.45, 2.75) is 52.2 Å². The van der Waals surface area contributed by atoms with Gasteiger partial charge in [-0.3, -0.25) is 0 Å². The fourth-order valence-electron chi connectivity index (χ4n) is 1.37. The molecule has 0 radical (unpaired) electrons. The van der Waals surface area contributed by atoms with E-state index in [9.17, 15) is 9.59 Å². The van der Waals surface area contributed by atoms with Gasteiger partial charge in [0.25, 0.3) is 0 Å². The third kappa shape index (κ3) is 11.9. The molecule has 0 aromatic rings. The van der Waals surface area contributed by atoms with Crippen LogP contribution in [0, 0.1) is 0 Å². The van der Waals surface area contributed by atoms with Crippen LogP contribution in [-0.2, 0) is 19.0 Å². The highest BCUT2D eigenvalue weighted by molar-refractivity contribution is 5.81. The molecule has 1 N–H and O–H groups in total. The summed E-state index contributed by atoms with van der Waals surface area (Å²) in [6.07, 6.45) is 1.91. The molecule has 0 saturated heterocycles. The molecule has 0 unspecified atom stereocenters. The number of hydrogen-bond acceptors (Lipinski definition) is 5. The molecule has 6 heteroatoms. The molecule has 0 saturated carbocycles. The Kier molecular flexibility index (Phi) is 9.45. The highest BCUT2D eigenvalue weighted by Crippen LogP contribution is 2.15. The van der Waals surface area contributed by atoms with E-state index in [1.165, 1.54) is 0 Å². The molecule has 0 aliphatic carbocycles. The van der Waals surface area contributed by atoms with Gasteiger partial charge in [-0.1, -0.05) is 6.58 Å². The van der Waals surface area contributed by atoms with E-state index in [1.54, 1.807) is 0 Å². The zero-order chi connectivity index (χ0) is 16.3. The first-order valence-corrected chi connectivity index (χ1v) is 7.14. The zero-order valence-electron chi connectivity index (χ0n) is 13.4. The summed E-state index contributed by atoms with van der Waals surface area (Å²) in [5.74, 6) is -0.469. The molecule has 0 bridgehead atoms. The predicted octanol–water partition coefficient (Wildman–Crippen LogP) is 2.43. The van der Waals surface area contributed by atoms with Gasteiger partial charge in [0.1, 0.15) is 5.60 Å². The van der Waals surface area contributed by atoms with Crippen LogP contribution in [0.15, 0.2) is 12.7 Å². The second-order valence-corrected chi connectivity index (χ2v) is 5.47. The number of carbonyl (C=O) groups excluding carboxylic acids is 2. The van der Waals surface area contributed by atoms with E-state index in [0.717, 1.165) is 6.08 Å². The minimum Gasteiger partial charge on any atom is -0.462 e. The third-order valence-corrected chi connectivity index (χ3v) is 2.53. The number of hydrogen-bond donors (Lipinski definition) is 1. The van der Waals surface area contributed by atoms with Crippen LogP contribution in [0.4, 0.5) is 4.79 Å². The summed E-state index contributed by atoms with van der Waals surface area (Å²) in [6.45, 7) is 12.0. The molecule has 0 fully saturated rings. The van der Waals surface area contributed by atoms with Crippen molar-refractivity contribution < 1.29 is 23.8 Å². The quantitative estimate of drug-likeness (QED) is 0.381.